The van der Waals surface area contributed by atoms with Gasteiger partial charge in [-0.1, -0.05) is 33.8 Å². The van der Waals surface area contributed by atoms with Gasteiger partial charge in [0.2, 0.25) is 0 Å². The monoisotopic (exact) mass is 796 g/mol. The Bertz CT molecular complexity index is 2060. The summed E-state index contributed by atoms with van der Waals surface area (Å²) in [7, 11) is 5.02. The van der Waals surface area contributed by atoms with E-state index >= 15 is 0 Å². The zero-order valence-electron chi connectivity index (χ0n) is 35.1. The normalized spacial score (nSPS) is 18.6. The molecule has 3 aliphatic rings. The van der Waals surface area contributed by atoms with E-state index in [0.29, 0.717) is 36.9 Å². The van der Waals surface area contributed by atoms with E-state index in [0.717, 1.165) is 122 Å². The summed E-state index contributed by atoms with van der Waals surface area (Å²) in [5, 5.41) is 17.1. The summed E-state index contributed by atoms with van der Waals surface area (Å²) in [6, 6.07) is 12.8. The minimum Gasteiger partial charge on any atom is -0.497 e. The molecule has 0 bridgehead atoms. The van der Waals surface area contributed by atoms with Gasteiger partial charge in [-0.3, -0.25) is 4.90 Å². The molecule has 3 fully saturated rings. The van der Waals surface area contributed by atoms with Crippen molar-refractivity contribution in [2.75, 3.05) is 82.8 Å². The van der Waals surface area contributed by atoms with Gasteiger partial charge in [-0.2, -0.15) is 0 Å². The van der Waals surface area contributed by atoms with Crippen molar-refractivity contribution in [3.05, 3.63) is 53.9 Å². The van der Waals surface area contributed by atoms with Crippen molar-refractivity contribution in [2.24, 2.45) is 5.41 Å². The van der Waals surface area contributed by atoms with Crippen LogP contribution in [0, 0.1) is 5.41 Å². The molecule has 14 nitrogen and oxygen atoms in total. The van der Waals surface area contributed by atoms with Crippen LogP contribution in [0.2, 0.25) is 0 Å². The first-order chi connectivity index (χ1) is 28.0. The minimum absolute atomic E-state index is 0.0381. The number of aromatic nitrogens is 3. The third kappa shape index (κ3) is 8.82. The van der Waals surface area contributed by atoms with Gasteiger partial charge in [-0.25, -0.2) is 19.7 Å². The molecular formula is C44H60N8O6. The Morgan fingerprint density at radius 1 is 0.897 bits per heavy atom. The molecule has 58 heavy (non-hydrogen) atoms. The second-order valence-corrected chi connectivity index (χ2v) is 16.6. The lowest BCUT2D eigenvalue weighted by Crippen LogP contribution is -2.62. The minimum atomic E-state index is -0.822. The predicted octanol–water partition coefficient (Wildman–Crippen LogP) is 7.16. The van der Waals surface area contributed by atoms with Gasteiger partial charge in [-0.05, 0) is 67.3 Å². The molecule has 1 atom stereocenters. The van der Waals surface area contributed by atoms with Crippen LogP contribution in [0.15, 0.2) is 42.6 Å². The molecule has 1 amide bonds. The number of hydrogen-bond acceptors (Lipinski definition) is 12. The van der Waals surface area contributed by atoms with Crippen LogP contribution >= 0.6 is 0 Å². The Kier molecular flexibility index (Phi) is 12.6. The maximum Gasteiger partial charge on any atom is 0.407 e. The number of aryl methyl sites for hydroxylation is 1. The molecule has 2 aromatic heterocycles. The second-order valence-electron chi connectivity index (χ2n) is 16.6. The molecule has 3 N–H and O–H groups in total. The number of rotatable bonds is 12. The predicted molar refractivity (Wildman–Crippen MR) is 228 cm³/mol. The molecule has 2 aromatic carbocycles. The standard InChI is InChI=1S/C44H60N8O6/c1-8-34-41(47-30-15-21-58-22-16-30)49-39-33(26-46-42(40(39)48-34)45-25-29-9-11-32(55-5)24-36(29)56-6)28-10-12-35(37(23-28)57-7)50-17-13-31(14-18-50)51-19-20-52(43(53)54)38(27-51)44(2,3)4/h9-12,23-24,26,30-31,38H,8,13-22,25,27H2,1-7H3,(H,45,46)(H,47,49)(H,53,54). The molecule has 0 saturated carbocycles. The van der Waals surface area contributed by atoms with Crippen LogP contribution in [0.5, 0.6) is 17.2 Å². The van der Waals surface area contributed by atoms with E-state index in [1.165, 1.54) is 0 Å². The number of hydrogen-bond donors (Lipinski definition) is 3. The number of piperazine rings is 1. The van der Waals surface area contributed by atoms with Gasteiger partial charge in [0.15, 0.2) is 5.82 Å². The second kappa shape index (κ2) is 17.8. The summed E-state index contributed by atoms with van der Waals surface area (Å²) < 4.78 is 22.8. The molecule has 14 heteroatoms. The number of ether oxygens (including phenoxy) is 4. The van der Waals surface area contributed by atoms with E-state index in [1.807, 2.05) is 24.4 Å². The number of benzene rings is 2. The number of piperidine rings is 1. The van der Waals surface area contributed by atoms with Crippen LogP contribution in [0.1, 0.15) is 64.6 Å². The summed E-state index contributed by atoms with van der Waals surface area (Å²) in [5.41, 5.74) is 6.02. The topological polar surface area (TPSA) is 147 Å². The van der Waals surface area contributed by atoms with Gasteiger partial charge in [0.05, 0.1) is 38.8 Å². The molecule has 0 aliphatic carbocycles. The number of fused-ring (bicyclic) bond motifs is 1. The fourth-order valence-electron chi connectivity index (χ4n) is 8.67. The van der Waals surface area contributed by atoms with Crippen molar-refractivity contribution in [3.8, 4) is 28.4 Å². The number of anilines is 3. The van der Waals surface area contributed by atoms with Crippen LogP contribution < -0.4 is 29.7 Å². The molecular weight excluding hydrogens is 737 g/mol. The number of nitrogens with zero attached hydrogens (tertiary/aromatic N) is 6. The third-order valence-electron chi connectivity index (χ3n) is 12.1. The van der Waals surface area contributed by atoms with E-state index in [-0.39, 0.29) is 17.5 Å². The average Bonchev–Trinajstić information content (AvgIpc) is 3.24. The Labute approximate surface area is 342 Å². The van der Waals surface area contributed by atoms with Crippen molar-refractivity contribution in [2.45, 2.75) is 84.5 Å². The quantitative estimate of drug-likeness (QED) is 0.133. The summed E-state index contributed by atoms with van der Waals surface area (Å²) in [6.45, 7) is 14.3. The Balaban J connectivity index is 1.16. The van der Waals surface area contributed by atoms with Crippen molar-refractivity contribution >= 4 is 34.4 Å². The zero-order valence-corrected chi connectivity index (χ0v) is 35.1. The molecule has 4 aromatic rings. The van der Waals surface area contributed by atoms with Crippen molar-refractivity contribution in [3.63, 3.8) is 0 Å². The number of amides is 1. The maximum atomic E-state index is 12.0. The van der Waals surface area contributed by atoms with Crippen molar-refractivity contribution in [1.29, 1.82) is 0 Å². The zero-order chi connectivity index (χ0) is 41.0. The van der Waals surface area contributed by atoms with E-state index < -0.39 is 6.09 Å². The number of carbonyl (C=O) groups is 1. The fraction of sp³-hybridized carbons (Fsp3) is 0.545. The fourth-order valence-corrected chi connectivity index (χ4v) is 8.67. The molecule has 1 unspecified atom stereocenters. The molecule has 7 rings (SSSR count). The molecule has 0 spiro atoms. The molecule has 0 radical (unpaired) electrons. The van der Waals surface area contributed by atoms with Crippen LogP contribution in [0.4, 0.5) is 22.1 Å². The van der Waals surface area contributed by atoms with Crippen molar-refractivity contribution in [1.82, 2.24) is 24.8 Å². The number of nitrogens with one attached hydrogen (secondary N) is 2. The van der Waals surface area contributed by atoms with Gasteiger partial charge in [0.25, 0.3) is 0 Å². The first kappa shape index (κ1) is 41.1. The van der Waals surface area contributed by atoms with E-state index in [4.69, 9.17) is 33.9 Å². The molecule has 312 valence electrons. The number of pyridine rings is 1. The van der Waals surface area contributed by atoms with Crippen LogP contribution in [-0.4, -0.2) is 121 Å². The molecule has 5 heterocycles. The van der Waals surface area contributed by atoms with E-state index in [9.17, 15) is 9.90 Å². The summed E-state index contributed by atoms with van der Waals surface area (Å²) >= 11 is 0. The smallest absolute Gasteiger partial charge is 0.407 e. The molecule has 3 aliphatic heterocycles. The lowest BCUT2D eigenvalue weighted by atomic mass is 9.83. The highest BCUT2D eigenvalue weighted by molar-refractivity contribution is 5.98. The first-order valence-electron chi connectivity index (χ1n) is 20.7. The van der Waals surface area contributed by atoms with Crippen molar-refractivity contribution < 1.29 is 28.8 Å². The average molecular weight is 797 g/mol. The first-order valence-corrected chi connectivity index (χ1v) is 20.7. The highest BCUT2D eigenvalue weighted by Gasteiger charge is 2.40. The third-order valence-corrected chi connectivity index (χ3v) is 12.1. The van der Waals surface area contributed by atoms with Gasteiger partial charge in [0.1, 0.15) is 34.1 Å². The van der Waals surface area contributed by atoms with Gasteiger partial charge < -0.3 is 44.5 Å². The van der Waals surface area contributed by atoms with Crippen LogP contribution in [0.25, 0.3) is 22.2 Å². The van der Waals surface area contributed by atoms with Gasteiger partial charge >= 0.3 is 6.09 Å². The van der Waals surface area contributed by atoms with Gasteiger partial charge in [0, 0.05) is 88.0 Å². The largest absolute Gasteiger partial charge is 0.497 e. The summed E-state index contributed by atoms with van der Waals surface area (Å²) in [5.74, 6) is 3.67. The lowest BCUT2D eigenvalue weighted by Gasteiger charge is -2.49. The number of carboxylic acid groups (broad SMARTS) is 1. The lowest BCUT2D eigenvalue weighted by molar-refractivity contribution is 0.00182. The van der Waals surface area contributed by atoms with Crippen LogP contribution in [0.3, 0.4) is 0 Å². The Morgan fingerprint density at radius 3 is 2.33 bits per heavy atom. The Morgan fingerprint density at radius 2 is 1.66 bits per heavy atom. The summed E-state index contributed by atoms with van der Waals surface area (Å²) in [6.07, 6.45) is 5.59. The highest BCUT2D eigenvalue weighted by Crippen LogP contribution is 2.39. The molecule has 3 saturated heterocycles. The SMILES string of the molecule is CCc1nc2c(NCc3ccc(OC)cc3OC)ncc(-c3ccc(N4CCC(N5CCN(C(=O)O)C(C(C)(C)C)C5)CC4)c(OC)c3)c2nc1NC1CCOCC1. The maximum absolute atomic E-state index is 12.0. The highest BCUT2D eigenvalue weighted by atomic mass is 16.5. The summed E-state index contributed by atoms with van der Waals surface area (Å²) in [4.78, 5) is 34.1. The van der Waals surface area contributed by atoms with E-state index in [2.05, 4.69) is 66.3 Å². The number of methoxy groups -OCH3 is 3. The van der Waals surface area contributed by atoms with Crippen LogP contribution in [-0.2, 0) is 17.7 Å². The Hall–Kier alpha value is -5.08. The van der Waals surface area contributed by atoms with E-state index in [1.54, 1.807) is 26.2 Å². The van der Waals surface area contributed by atoms with Gasteiger partial charge in [-0.15, -0.1) is 0 Å².